The van der Waals surface area contributed by atoms with Gasteiger partial charge in [-0.15, -0.1) is 0 Å². The van der Waals surface area contributed by atoms with E-state index in [-0.39, 0.29) is 0 Å². The molecule has 0 N–H and O–H groups in total. The van der Waals surface area contributed by atoms with Gasteiger partial charge in [0.15, 0.2) is 0 Å². The molecule has 4 rings (SSSR count). The minimum absolute atomic E-state index is 0.548. The maximum Gasteiger partial charge on any atom is 0.120 e. The molecule has 3 nitrogen and oxygen atoms in total. The molecule has 3 aliphatic heterocycles. The summed E-state index contributed by atoms with van der Waals surface area (Å²) in [6.07, 6.45) is 9.23. The Bertz CT molecular complexity index is 398. The lowest BCUT2D eigenvalue weighted by molar-refractivity contribution is -0.111. The summed E-state index contributed by atoms with van der Waals surface area (Å²) in [7, 11) is 0. The smallest absolute Gasteiger partial charge is 0.120 e. The number of rotatable bonds is 4. The van der Waals surface area contributed by atoms with Crippen LogP contribution in [0.25, 0.3) is 0 Å². The number of carbonyl (C=O) groups excluding carboxylic acids is 1. The predicted molar refractivity (Wildman–Crippen MR) is 70.2 cm³/mol. The van der Waals surface area contributed by atoms with Gasteiger partial charge in [0.05, 0.1) is 0 Å². The molecule has 0 aliphatic carbocycles. The van der Waals surface area contributed by atoms with E-state index in [0.717, 1.165) is 25.0 Å². The van der Waals surface area contributed by atoms with Gasteiger partial charge in [-0.1, -0.05) is 6.07 Å². The molecule has 2 unspecified atom stereocenters. The molecular formula is C15H20N2O. The summed E-state index contributed by atoms with van der Waals surface area (Å²) in [5.74, 6) is 1.33. The van der Waals surface area contributed by atoms with Gasteiger partial charge in [-0.2, -0.15) is 0 Å². The summed E-state index contributed by atoms with van der Waals surface area (Å²) in [6, 6.07) is 4.70. The molecule has 4 heterocycles. The number of hydrogen-bond donors (Lipinski definition) is 0. The van der Waals surface area contributed by atoms with E-state index >= 15 is 0 Å². The van der Waals surface area contributed by atoms with Crippen LogP contribution in [0.4, 0.5) is 0 Å². The Morgan fingerprint density at radius 2 is 2.22 bits per heavy atom. The van der Waals surface area contributed by atoms with Crippen molar-refractivity contribution in [1.82, 2.24) is 9.88 Å². The fourth-order valence-electron chi connectivity index (χ4n) is 3.77. The number of hydrogen-bond acceptors (Lipinski definition) is 3. The molecule has 0 saturated carbocycles. The second-order valence-electron chi connectivity index (χ2n) is 5.57. The highest BCUT2D eigenvalue weighted by atomic mass is 16.1. The van der Waals surface area contributed by atoms with E-state index in [1.165, 1.54) is 31.5 Å². The first-order valence-electron chi connectivity index (χ1n) is 6.95. The molecule has 1 aromatic rings. The summed E-state index contributed by atoms with van der Waals surface area (Å²) >= 11 is 0. The van der Waals surface area contributed by atoms with Gasteiger partial charge in [-0.3, -0.25) is 9.88 Å². The van der Waals surface area contributed by atoms with E-state index in [1.54, 1.807) is 0 Å². The third-order valence-electron chi connectivity index (χ3n) is 4.68. The van der Waals surface area contributed by atoms with E-state index in [9.17, 15) is 4.79 Å². The van der Waals surface area contributed by atoms with Gasteiger partial charge < -0.3 is 4.79 Å². The molecule has 3 fully saturated rings. The van der Waals surface area contributed by atoms with Crippen molar-refractivity contribution in [1.29, 1.82) is 0 Å². The maximum absolute atomic E-state index is 10.9. The fraction of sp³-hybridized carbons (Fsp3) is 0.600. The largest absolute Gasteiger partial charge is 0.303 e. The topological polar surface area (TPSA) is 33.2 Å². The van der Waals surface area contributed by atoms with E-state index in [1.807, 2.05) is 18.5 Å². The second-order valence-corrected chi connectivity index (χ2v) is 5.57. The minimum atomic E-state index is 0.548. The Kier molecular flexibility index (Phi) is 3.41. The maximum atomic E-state index is 10.9. The average Bonchev–Trinajstić information content (AvgIpc) is 2.44. The SMILES string of the molecule is O=CCC1C2CCN(CC2)C1Cc1cccnc1. The summed E-state index contributed by atoms with van der Waals surface area (Å²) < 4.78 is 0. The molecular weight excluding hydrogens is 224 g/mol. The predicted octanol–water partition coefficient (Wildman–Crippen LogP) is 1.92. The van der Waals surface area contributed by atoms with Gasteiger partial charge in [0.25, 0.3) is 0 Å². The third kappa shape index (κ3) is 2.19. The van der Waals surface area contributed by atoms with Crippen LogP contribution in [0, 0.1) is 11.8 Å². The first kappa shape index (κ1) is 11.8. The number of piperidine rings is 3. The van der Waals surface area contributed by atoms with Crippen LogP contribution in [0.1, 0.15) is 24.8 Å². The van der Waals surface area contributed by atoms with Crippen molar-refractivity contribution in [2.75, 3.05) is 13.1 Å². The van der Waals surface area contributed by atoms with Crippen molar-refractivity contribution in [3.8, 4) is 0 Å². The molecule has 18 heavy (non-hydrogen) atoms. The lowest BCUT2D eigenvalue weighted by atomic mass is 9.71. The van der Waals surface area contributed by atoms with E-state index in [2.05, 4.69) is 16.0 Å². The zero-order chi connectivity index (χ0) is 12.4. The van der Waals surface area contributed by atoms with Gasteiger partial charge in [-0.05, 0) is 55.8 Å². The van der Waals surface area contributed by atoms with Crippen molar-refractivity contribution >= 4 is 6.29 Å². The average molecular weight is 244 g/mol. The van der Waals surface area contributed by atoms with Crippen molar-refractivity contribution < 1.29 is 4.79 Å². The number of fused-ring (bicyclic) bond motifs is 3. The quantitative estimate of drug-likeness (QED) is 0.759. The molecule has 3 saturated heterocycles. The van der Waals surface area contributed by atoms with Gasteiger partial charge in [0.1, 0.15) is 6.29 Å². The van der Waals surface area contributed by atoms with Gasteiger partial charge in [0, 0.05) is 24.9 Å². The molecule has 0 radical (unpaired) electrons. The Balaban J connectivity index is 1.77. The number of pyridine rings is 1. The highest BCUT2D eigenvalue weighted by Gasteiger charge is 2.41. The number of carbonyl (C=O) groups is 1. The zero-order valence-corrected chi connectivity index (χ0v) is 10.7. The summed E-state index contributed by atoms with van der Waals surface area (Å²) in [5.41, 5.74) is 1.30. The van der Waals surface area contributed by atoms with Gasteiger partial charge in [0.2, 0.25) is 0 Å². The van der Waals surface area contributed by atoms with E-state index in [0.29, 0.717) is 12.0 Å². The summed E-state index contributed by atoms with van der Waals surface area (Å²) in [5, 5.41) is 0. The Hall–Kier alpha value is -1.22. The standard InChI is InChI=1S/C15H20N2O/c18-9-5-14-13-3-7-17(8-4-13)15(14)10-12-2-1-6-16-11-12/h1-2,6,9,11,13-15H,3-5,7-8,10H2. The van der Waals surface area contributed by atoms with Crippen LogP contribution in [0.15, 0.2) is 24.5 Å². The second kappa shape index (κ2) is 5.19. The highest BCUT2D eigenvalue weighted by Crippen LogP contribution is 2.39. The Morgan fingerprint density at radius 3 is 2.89 bits per heavy atom. The summed E-state index contributed by atoms with van der Waals surface area (Å²) in [6.45, 7) is 2.43. The number of aldehydes is 1. The highest BCUT2D eigenvalue weighted by molar-refractivity contribution is 5.50. The molecule has 96 valence electrons. The van der Waals surface area contributed by atoms with Crippen LogP contribution in [0.2, 0.25) is 0 Å². The van der Waals surface area contributed by atoms with Crippen molar-refractivity contribution in [2.45, 2.75) is 31.7 Å². The van der Waals surface area contributed by atoms with Crippen LogP contribution < -0.4 is 0 Å². The molecule has 2 atom stereocenters. The minimum Gasteiger partial charge on any atom is -0.303 e. The zero-order valence-electron chi connectivity index (χ0n) is 10.7. The molecule has 2 bridgehead atoms. The van der Waals surface area contributed by atoms with Crippen molar-refractivity contribution in [3.05, 3.63) is 30.1 Å². The van der Waals surface area contributed by atoms with Crippen LogP contribution in [-0.4, -0.2) is 35.3 Å². The number of aromatic nitrogens is 1. The van der Waals surface area contributed by atoms with Crippen molar-refractivity contribution in [3.63, 3.8) is 0 Å². The Morgan fingerprint density at radius 1 is 1.39 bits per heavy atom. The van der Waals surface area contributed by atoms with Crippen LogP contribution in [-0.2, 0) is 11.2 Å². The molecule has 3 aliphatic rings. The number of nitrogens with zero attached hydrogens (tertiary/aromatic N) is 2. The van der Waals surface area contributed by atoms with Crippen LogP contribution in [0.3, 0.4) is 0 Å². The Labute approximate surface area is 108 Å². The van der Waals surface area contributed by atoms with Gasteiger partial charge >= 0.3 is 0 Å². The molecule has 0 amide bonds. The first-order chi connectivity index (χ1) is 8.88. The molecule has 1 aromatic heterocycles. The fourth-order valence-corrected chi connectivity index (χ4v) is 3.77. The third-order valence-corrected chi connectivity index (χ3v) is 4.68. The van der Waals surface area contributed by atoms with E-state index in [4.69, 9.17) is 0 Å². The summed E-state index contributed by atoms with van der Waals surface area (Å²) in [4.78, 5) is 17.7. The van der Waals surface area contributed by atoms with Crippen LogP contribution >= 0.6 is 0 Å². The van der Waals surface area contributed by atoms with Crippen molar-refractivity contribution in [2.24, 2.45) is 11.8 Å². The molecule has 0 spiro atoms. The monoisotopic (exact) mass is 244 g/mol. The van der Waals surface area contributed by atoms with E-state index < -0.39 is 0 Å². The normalized spacial score (nSPS) is 34.4. The lowest BCUT2D eigenvalue weighted by Gasteiger charge is -2.51. The molecule has 3 heteroatoms. The first-order valence-corrected chi connectivity index (χ1v) is 6.95. The lowest BCUT2D eigenvalue weighted by Crippen LogP contribution is -2.55. The van der Waals surface area contributed by atoms with Gasteiger partial charge in [-0.25, -0.2) is 0 Å². The molecule has 0 aromatic carbocycles. The van der Waals surface area contributed by atoms with Crippen LogP contribution in [0.5, 0.6) is 0 Å².